The summed E-state index contributed by atoms with van der Waals surface area (Å²) < 4.78 is 36.3. The van der Waals surface area contributed by atoms with Crippen LogP contribution >= 0.6 is 0 Å². The molecule has 2 aromatic carbocycles. The lowest BCUT2D eigenvalue weighted by Gasteiger charge is -2.13. The Balaban J connectivity index is 1.82. The number of hydrogen-bond donors (Lipinski definition) is 1. The van der Waals surface area contributed by atoms with Crippen LogP contribution in [0.3, 0.4) is 0 Å². The Morgan fingerprint density at radius 1 is 1.04 bits per heavy atom. The first-order chi connectivity index (χ1) is 13.6. The molecular formula is C19H14F2N6O. The fourth-order valence-corrected chi connectivity index (χ4v) is 2.81. The van der Waals surface area contributed by atoms with Crippen molar-refractivity contribution in [3.8, 4) is 33.8 Å². The number of hydrogen-bond acceptors (Lipinski definition) is 6. The van der Waals surface area contributed by atoms with Gasteiger partial charge in [-0.25, -0.2) is 23.4 Å². The maximum Gasteiger partial charge on any atom is 0.219 e. The number of rotatable bonds is 4. The van der Waals surface area contributed by atoms with Crippen LogP contribution in [0.4, 0.5) is 14.7 Å². The Kier molecular flexibility index (Phi) is 4.40. The summed E-state index contributed by atoms with van der Waals surface area (Å²) in [5, 5.41) is 7.94. The van der Waals surface area contributed by atoms with Crippen LogP contribution in [0.2, 0.25) is 0 Å². The first-order valence-electron chi connectivity index (χ1n) is 8.20. The molecule has 0 spiro atoms. The minimum absolute atomic E-state index is 0.0762. The van der Waals surface area contributed by atoms with Crippen molar-refractivity contribution < 1.29 is 13.5 Å². The Hall–Kier alpha value is -3.88. The maximum absolute atomic E-state index is 15.1. The van der Waals surface area contributed by atoms with Gasteiger partial charge in [0.1, 0.15) is 17.2 Å². The summed E-state index contributed by atoms with van der Waals surface area (Å²) in [4.78, 5) is 7.78. The van der Waals surface area contributed by atoms with E-state index in [1.165, 1.54) is 30.4 Å². The SMILES string of the molecule is COc1c(-n2cc(-c3cnc(N)nc3)nn2)cc(F)c(-c2ccccc2)c1F. The molecule has 0 saturated carbocycles. The van der Waals surface area contributed by atoms with Crippen LogP contribution in [0.25, 0.3) is 28.1 Å². The number of nitrogens with two attached hydrogens (primary N) is 1. The van der Waals surface area contributed by atoms with Gasteiger partial charge in [-0.1, -0.05) is 35.5 Å². The third-order valence-electron chi connectivity index (χ3n) is 4.13. The number of aromatic nitrogens is 5. The number of halogens is 2. The second-order valence-electron chi connectivity index (χ2n) is 5.84. The van der Waals surface area contributed by atoms with Gasteiger partial charge in [0.25, 0.3) is 0 Å². The molecule has 4 aromatic rings. The lowest BCUT2D eigenvalue weighted by molar-refractivity contribution is 0.382. The largest absolute Gasteiger partial charge is 0.491 e. The molecule has 2 N–H and O–H groups in total. The summed E-state index contributed by atoms with van der Waals surface area (Å²) in [5.74, 6) is -1.59. The number of benzene rings is 2. The molecule has 0 saturated heterocycles. The van der Waals surface area contributed by atoms with Gasteiger partial charge in [0.2, 0.25) is 5.95 Å². The zero-order valence-corrected chi connectivity index (χ0v) is 14.7. The topological polar surface area (TPSA) is 91.7 Å². The van der Waals surface area contributed by atoms with E-state index in [2.05, 4.69) is 20.3 Å². The van der Waals surface area contributed by atoms with Gasteiger partial charge in [-0.3, -0.25) is 0 Å². The molecule has 0 amide bonds. The number of methoxy groups -OCH3 is 1. The van der Waals surface area contributed by atoms with Gasteiger partial charge in [-0.2, -0.15) is 0 Å². The van der Waals surface area contributed by atoms with Crippen molar-refractivity contribution in [2.24, 2.45) is 0 Å². The van der Waals surface area contributed by atoms with Crippen LogP contribution < -0.4 is 10.5 Å². The Labute approximate surface area is 158 Å². The van der Waals surface area contributed by atoms with E-state index in [1.807, 2.05) is 0 Å². The summed E-state index contributed by atoms with van der Waals surface area (Å²) >= 11 is 0. The standard InChI is InChI=1S/C19H14F2N6O/c1-28-18-15(7-13(20)16(17(18)21)11-5-3-2-4-6-11)27-10-14(25-26-27)12-8-23-19(22)24-9-12/h2-10H,1H3,(H2,22,23,24). The van der Waals surface area contributed by atoms with E-state index in [0.29, 0.717) is 16.8 Å². The predicted octanol–water partition coefficient (Wildman–Crippen LogP) is 3.26. The van der Waals surface area contributed by atoms with Crippen molar-refractivity contribution in [3.05, 3.63) is 66.6 Å². The van der Waals surface area contributed by atoms with Crippen molar-refractivity contribution in [1.82, 2.24) is 25.0 Å². The summed E-state index contributed by atoms with van der Waals surface area (Å²) in [6, 6.07) is 9.56. The summed E-state index contributed by atoms with van der Waals surface area (Å²) in [6.45, 7) is 0. The molecule has 9 heteroatoms. The lowest BCUT2D eigenvalue weighted by Crippen LogP contribution is -2.04. The summed E-state index contributed by atoms with van der Waals surface area (Å²) in [5.41, 5.74) is 6.75. The van der Waals surface area contributed by atoms with Gasteiger partial charge in [0.05, 0.1) is 18.9 Å². The van der Waals surface area contributed by atoms with E-state index in [9.17, 15) is 4.39 Å². The molecule has 0 aliphatic carbocycles. The molecule has 0 aliphatic rings. The lowest BCUT2D eigenvalue weighted by atomic mass is 10.0. The van der Waals surface area contributed by atoms with E-state index in [1.54, 1.807) is 30.3 Å². The van der Waals surface area contributed by atoms with Crippen LogP contribution in [-0.4, -0.2) is 32.1 Å². The predicted molar refractivity (Wildman–Crippen MR) is 98.7 cm³/mol. The van der Waals surface area contributed by atoms with Crippen LogP contribution in [0.1, 0.15) is 0 Å². The normalized spacial score (nSPS) is 10.8. The van der Waals surface area contributed by atoms with Gasteiger partial charge in [-0.05, 0) is 5.56 Å². The zero-order valence-electron chi connectivity index (χ0n) is 14.7. The first kappa shape index (κ1) is 17.5. The summed E-state index contributed by atoms with van der Waals surface area (Å²) in [7, 11) is 1.31. The third-order valence-corrected chi connectivity index (χ3v) is 4.13. The smallest absolute Gasteiger partial charge is 0.219 e. The number of nitrogens with zero attached hydrogens (tertiary/aromatic N) is 5. The highest BCUT2D eigenvalue weighted by Gasteiger charge is 2.22. The van der Waals surface area contributed by atoms with E-state index < -0.39 is 11.6 Å². The van der Waals surface area contributed by atoms with Crippen LogP contribution in [0, 0.1) is 11.6 Å². The molecular weight excluding hydrogens is 366 g/mol. The molecule has 0 bridgehead atoms. The molecule has 28 heavy (non-hydrogen) atoms. The number of anilines is 1. The second-order valence-corrected chi connectivity index (χ2v) is 5.84. The van der Waals surface area contributed by atoms with E-state index in [4.69, 9.17) is 10.5 Å². The molecule has 2 heterocycles. The molecule has 7 nitrogen and oxygen atoms in total. The Bertz CT molecular complexity index is 1130. The highest BCUT2D eigenvalue weighted by atomic mass is 19.1. The zero-order chi connectivity index (χ0) is 19.7. The van der Waals surface area contributed by atoms with E-state index >= 15 is 4.39 Å². The Morgan fingerprint density at radius 2 is 1.75 bits per heavy atom. The first-order valence-corrected chi connectivity index (χ1v) is 8.20. The van der Waals surface area contributed by atoms with Gasteiger partial charge in [-0.15, -0.1) is 5.10 Å². The van der Waals surface area contributed by atoms with Gasteiger partial charge in [0, 0.05) is 24.0 Å². The fraction of sp³-hybridized carbons (Fsp3) is 0.0526. The van der Waals surface area contributed by atoms with Crippen molar-refractivity contribution in [2.75, 3.05) is 12.8 Å². The van der Waals surface area contributed by atoms with Crippen LogP contribution in [0.5, 0.6) is 5.75 Å². The van der Waals surface area contributed by atoms with Gasteiger partial charge in [0.15, 0.2) is 11.6 Å². The highest BCUT2D eigenvalue weighted by Crippen LogP contribution is 2.36. The minimum Gasteiger partial charge on any atom is -0.491 e. The van der Waals surface area contributed by atoms with Gasteiger partial charge >= 0.3 is 0 Å². The third kappa shape index (κ3) is 3.02. The van der Waals surface area contributed by atoms with E-state index in [0.717, 1.165) is 6.07 Å². The molecule has 0 unspecified atom stereocenters. The number of nitrogen functional groups attached to an aromatic ring is 1. The van der Waals surface area contributed by atoms with Crippen molar-refractivity contribution in [1.29, 1.82) is 0 Å². The molecule has 4 rings (SSSR count). The van der Waals surface area contributed by atoms with Crippen molar-refractivity contribution in [2.45, 2.75) is 0 Å². The molecule has 0 radical (unpaired) electrons. The van der Waals surface area contributed by atoms with Crippen LogP contribution in [0.15, 0.2) is 55.0 Å². The van der Waals surface area contributed by atoms with Crippen molar-refractivity contribution in [3.63, 3.8) is 0 Å². The van der Waals surface area contributed by atoms with Crippen molar-refractivity contribution >= 4 is 5.95 Å². The maximum atomic E-state index is 15.1. The van der Waals surface area contributed by atoms with Crippen LogP contribution in [-0.2, 0) is 0 Å². The quantitative estimate of drug-likeness (QED) is 0.584. The minimum atomic E-state index is -0.823. The van der Waals surface area contributed by atoms with E-state index in [-0.39, 0.29) is 22.9 Å². The highest BCUT2D eigenvalue weighted by molar-refractivity contribution is 5.70. The molecule has 0 fully saturated rings. The fourth-order valence-electron chi connectivity index (χ4n) is 2.81. The summed E-state index contributed by atoms with van der Waals surface area (Å²) in [6.07, 6.45) is 4.45. The average Bonchev–Trinajstić information content (AvgIpc) is 3.19. The molecule has 140 valence electrons. The molecule has 0 aliphatic heterocycles. The monoisotopic (exact) mass is 380 g/mol. The Morgan fingerprint density at radius 3 is 2.43 bits per heavy atom. The van der Waals surface area contributed by atoms with Gasteiger partial charge < -0.3 is 10.5 Å². The molecule has 2 aromatic heterocycles. The second kappa shape index (κ2) is 7.03. The molecule has 0 atom stereocenters. The number of ether oxygens (including phenoxy) is 1. The average molecular weight is 380 g/mol.